The summed E-state index contributed by atoms with van der Waals surface area (Å²) in [6, 6.07) is 11.1. The fourth-order valence-corrected chi connectivity index (χ4v) is 3.74. The Morgan fingerprint density at radius 1 is 1.00 bits per heavy atom. The third-order valence-electron chi connectivity index (χ3n) is 5.07. The molecule has 4 aromatic heterocycles. The molecule has 0 radical (unpaired) electrons. The van der Waals surface area contributed by atoms with Crippen LogP contribution in [0.15, 0.2) is 53.6 Å². The minimum Gasteiger partial charge on any atom is -0.332 e. The monoisotopic (exact) mass is 359 g/mol. The Bertz CT molecular complexity index is 1270. The number of pyridine rings is 2. The summed E-state index contributed by atoms with van der Waals surface area (Å²) < 4.78 is 3.34. The van der Waals surface area contributed by atoms with Gasteiger partial charge in [0.2, 0.25) is 0 Å². The lowest BCUT2D eigenvalue weighted by Crippen LogP contribution is -2.40. The molecule has 0 N–H and O–H groups in total. The van der Waals surface area contributed by atoms with Crippen molar-refractivity contribution in [3.8, 4) is 0 Å². The van der Waals surface area contributed by atoms with E-state index in [1.54, 1.807) is 21.6 Å². The summed E-state index contributed by atoms with van der Waals surface area (Å²) in [7, 11) is 0. The maximum absolute atomic E-state index is 13.2. The Balaban J connectivity index is 1.57. The van der Waals surface area contributed by atoms with Crippen molar-refractivity contribution in [2.45, 2.75) is 19.9 Å². The number of hydrogen-bond acceptors (Lipinski definition) is 4. The first-order valence-corrected chi connectivity index (χ1v) is 8.85. The molecular weight excluding hydrogens is 342 g/mol. The third-order valence-corrected chi connectivity index (χ3v) is 5.07. The molecular formula is C20H17N5O2. The molecule has 0 atom stereocenters. The highest BCUT2D eigenvalue weighted by atomic mass is 16.2. The lowest BCUT2D eigenvalue weighted by Gasteiger charge is -2.28. The zero-order valence-electron chi connectivity index (χ0n) is 14.8. The molecule has 1 amide bonds. The Morgan fingerprint density at radius 2 is 1.70 bits per heavy atom. The van der Waals surface area contributed by atoms with Gasteiger partial charge < -0.3 is 4.90 Å². The van der Waals surface area contributed by atoms with Gasteiger partial charge in [0.05, 0.1) is 23.5 Å². The SMILES string of the molecule is Cc1nc2ccccn2c1C(=O)N1CCc2nc3ccccn3c(=O)c2C1. The second-order valence-electron chi connectivity index (χ2n) is 6.72. The van der Waals surface area contributed by atoms with Gasteiger partial charge in [-0.15, -0.1) is 0 Å². The lowest BCUT2D eigenvalue weighted by molar-refractivity contribution is 0.0724. The fraction of sp³-hybridized carbons (Fsp3) is 0.200. The smallest absolute Gasteiger partial charge is 0.273 e. The molecule has 5 heterocycles. The van der Waals surface area contributed by atoms with Crippen LogP contribution >= 0.6 is 0 Å². The summed E-state index contributed by atoms with van der Waals surface area (Å²) in [5.41, 5.74) is 3.87. The predicted molar refractivity (Wildman–Crippen MR) is 99.8 cm³/mol. The normalized spacial score (nSPS) is 13.9. The second-order valence-corrected chi connectivity index (χ2v) is 6.72. The van der Waals surface area contributed by atoms with Crippen LogP contribution in [0.2, 0.25) is 0 Å². The van der Waals surface area contributed by atoms with E-state index in [1.165, 1.54) is 4.40 Å². The van der Waals surface area contributed by atoms with Crippen molar-refractivity contribution in [2.75, 3.05) is 6.54 Å². The first kappa shape index (κ1) is 15.7. The average Bonchev–Trinajstić information content (AvgIpc) is 3.03. The highest BCUT2D eigenvalue weighted by Gasteiger charge is 2.28. The zero-order valence-corrected chi connectivity index (χ0v) is 14.8. The molecule has 0 aliphatic carbocycles. The number of hydrogen-bond donors (Lipinski definition) is 0. The van der Waals surface area contributed by atoms with Gasteiger partial charge in [-0.25, -0.2) is 9.97 Å². The maximum Gasteiger partial charge on any atom is 0.273 e. The number of imidazole rings is 1. The largest absolute Gasteiger partial charge is 0.332 e. The van der Waals surface area contributed by atoms with E-state index in [4.69, 9.17) is 0 Å². The van der Waals surface area contributed by atoms with Crippen molar-refractivity contribution in [1.82, 2.24) is 23.7 Å². The molecule has 5 rings (SSSR count). The molecule has 0 bridgehead atoms. The number of rotatable bonds is 1. The first-order valence-electron chi connectivity index (χ1n) is 8.85. The van der Waals surface area contributed by atoms with Gasteiger partial charge in [-0.1, -0.05) is 12.1 Å². The molecule has 0 fully saturated rings. The maximum atomic E-state index is 13.2. The molecule has 0 aromatic carbocycles. The van der Waals surface area contributed by atoms with Crippen molar-refractivity contribution < 1.29 is 4.79 Å². The summed E-state index contributed by atoms with van der Waals surface area (Å²) in [5.74, 6) is -0.116. The van der Waals surface area contributed by atoms with Crippen LogP contribution in [0.3, 0.4) is 0 Å². The van der Waals surface area contributed by atoms with Crippen molar-refractivity contribution in [2.24, 2.45) is 0 Å². The quantitative estimate of drug-likeness (QED) is 0.520. The van der Waals surface area contributed by atoms with Gasteiger partial charge in [0.1, 0.15) is 17.0 Å². The molecule has 0 saturated heterocycles. The molecule has 1 aliphatic rings. The number of aromatic nitrogens is 4. The molecule has 4 aromatic rings. The van der Waals surface area contributed by atoms with Crippen molar-refractivity contribution >= 4 is 17.2 Å². The van der Waals surface area contributed by atoms with Crippen LogP contribution in [0, 0.1) is 6.92 Å². The van der Waals surface area contributed by atoms with Gasteiger partial charge in [-0.3, -0.25) is 18.4 Å². The molecule has 7 nitrogen and oxygen atoms in total. The third kappa shape index (κ3) is 2.35. The van der Waals surface area contributed by atoms with Crippen molar-refractivity contribution in [1.29, 1.82) is 0 Å². The van der Waals surface area contributed by atoms with E-state index >= 15 is 0 Å². The standard InChI is InChI=1S/C20H17N5O2/c1-13-18(24-9-4-2-6-16(24)21-13)20(27)23-11-8-15-14(12-23)19(26)25-10-5-3-7-17(25)22-15/h2-7,9-10H,8,11-12H2,1H3. The number of aryl methyl sites for hydroxylation is 1. The Morgan fingerprint density at radius 3 is 2.48 bits per heavy atom. The van der Waals surface area contributed by atoms with Gasteiger partial charge >= 0.3 is 0 Å². The molecule has 0 spiro atoms. The summed E-state index contributed by atoms with van der Waals surface area (Å²) >= 11 is 0. The first-order chi connectivity index (χ1) is 13.1. The topological polar surface area (TPSA) is 72.0 Å². The molecule has 0 unspecified atom stereocenters. The minimum absolute atomic E-state index is 0.108. The number of carbonyl (C=O) groups excluding carboxylic acids is 1. The highest BCUT2D eigenvalue weighted by molar-refractivity contribution is 5.94. The summed E-state index contributed by atoms with van der Waals surface area (Å²) in [6.45, 7) is 2.63. The van der Waals surface area contributed by atoms with E-state index in [0.717, 1.165) is 11.3 Å². The average molecular weight is 359 g/mol. The van der Waals surface area contributed by atoms with Gasteiger partial charge in [0.15, 0.2) is 0 Å². The van der Waals surface area contributed by atoms with E-state index in [0.29, 0.717) is 35.6 Å². The number of nitrogens with zero attached hydrogens (tertiary/aromatic N) is 5. The van der Waals surface area contributed by atoms with Crippen LogP contribution in [-0.2, 0) is 13.0 Å². The van der Waals surface area contributed by atoms with Crippen LogP contribution in [0.5, 0.6) is 0 Å². The van der Waals surface area contributed by atoms with Crippen LogP contribution in [-0.4, -0.2) is 36.1 Å². The van der Waals surface area contributed by atoms with Crippen LogP contribution in [0.25, 0.3) is 11.3 Å². The van der Waals surface area contributed by atoms with Crippen molar-refractivity contribution in [3.05, 3.63) is 81.8 Å². The Kier molecular flexibility index (Phi) is 3.36. The molecule has 1 aliphatic heterocycles. The zero-order chi connectivity index (χ0) is 18.5. The van der Waals surface area contributed by atoms with E-state index < -0.39 is 0 Å². The number of amides is 1. The van der Waals surface area contributed by atoms with Crippen LogP contribution in [0.4, 0.5) is 0 Å². The van der Waals surface area contributed by atoms with E-state index in [1.807, 2.05) is 43.5 Å². The minimum atomic E-state index is -0.116. The van der Waals surface area contributed by atoms with E-state index in [9.17, 15) is 9.59 Å². The van der Waals surface area contributed by atoms with Gasteiger partial charge in [-0.2, -0.15) is 0 Å². The lowest BCUT2D eigenvalue weighted by atomic mass is 10.1. The van der Waals surface area contributed by atoms with Crippen LogP contribution < -0.4 is 5.56 Å². The van der Waals surface area contributed by atoms with Gasteiger partial charge in [-0.05, 0) is 31.2 Å². The molecule has 134 valence electrons. The Labute approximate surface area is 154 Å². The predicted octanol–water partition coefficient (Wildman–Crippen LogP) is 1.85. The van der Waals surface area contributed by atoms with E-state index in [2.05, 4.69) is 9.97 Å². The number of carbonyl (C=O) groups is 1. The fourth-order valence-electron chi connectivity index (χ4n) is 3.74. The molecule has 27 heavy (non-hydrogen) atoms. The highest BCUT2D eigenvalue weighted by Crippen LogP contribution is 2.20. The molecule has 0 saturated carbocycles. The number of fused-ring (bicyclic) bond motifs is 3. The Hall–Kier alpha value is -3.48. The van der Waals surface area contributed by atoms with Gasteiger partial charge in [0, 0.05) is 25.4 Å². The second kappa shape index (κ2) is 5.77. The summed E-state index contributed by atoms with van der Waals surface area (Å²) in [4.78, 5) is 36.9. The summed E-state index contributed by atoms with van der Waals surface area (Å²) in [5, 5.41) is 0. The van der Waals surface area contributed by atoms with Crippen LogP contribution in [0.1, 0.15) is 27.4 Å². The molecule has 7 heteroatoms. The van der Waals surface area contributed by atoms with Crippen molar-refractivity contribution in [3.63, 3.8) is 0 Å². The summed E-state index contributed by atoms with van der Waals surface area (Å²) in [6.07, 6.45) is 4.11. The van der Waals surface area contributed by atoms with E-state index in [-0.39, 0.29) is 18.0 Å². The van der Waals surface area contributed by atoms with Gasteiger partial charge in [0.25, 0.3) is 11.5 Å².